The van der Waals surface area contributed by atoms with E-state index in [1.165, 1.54) is 6.07 Å². The molecule has 0 aliphatic heterocycles. The highest BCUT2D eigenvalue weighted by Gasteiger charge is 2.11. The summed E-state index contributed by atoms with van der Waals surface area (Å²) in [6, 6.07) is 6.48. The molecule has 1 aromatic carbocycles. The zero-order chi connectivity index (χ0) is 12.0. The summed E-state index contributed by atoms with van der Waals surface area (Å²) in [6.45, 7) is 0.168. The lowest BCUT2D eigenvalue weighted by atomic mass is 10.1. The molecular formula is C10H12N2O4. The summed E-state index contributed by atoms with van der Waals surface area (Å²) in [4.78, 5) is 20.5. The Hall–Kier alpha value is -2.11. The quantitative estimate of drug-likeness (QED) is 0.467. The molecule has 0 atom stereocenters. The normalized spacial score (nSPS) is 9.75. The van der Waals surface area contributed by atoms with Crippen molar-refractivity contribution in [2.24, 2.45) is 5.73 Å². The number of rotatable bonds is 5. The van der Waals surface area contributed by atoms with E-state index >= 15 is 0 Å². The van der Waals surface area contributed by atoms with Gasteiger partial charge >= 0.3 is 6.09 Å². The zero-order valence-electron chi connectivity index (χ0n) is 8.59. The fourth-order valence-corrected chi connectivity index (χ4v) is 1.34. The van der Waals surface area contributed by atoms with Crippen molar-refractivity contribution < 1.29 is 14.5 Å². The molecule has 0 aliphatic rings. The number of nitrogens with zero attached hydrogens (tertiary/aromatic N) is 1. The number of nitro benzene ring substituents is 1. The van der Waals surface area contributed by atoms with Crippen LogP contribution in [0.2, 0.25) is 0 Å². The standard InChI is InChI=1S/C10H12N2O4/c11-10(13)16-7-3-5-8-4-1-2-6-9(8)12(14)15/h1-2,4,6H,3,5,7H2,(H2,11,13). The van der Waals surface area contributed by atoms with Gasteiger partial charge in [0.25, 0.3) is 5.69 Å². The van der Waals surface area contributed by atoms with Crippen molar-refractivity contribution in [3.63, 3.8) is 0 Å². The summed E-state index contributed by atoms with van der Waals surface area (Å²) in [5, 5.41) is 10.7. The van der Waals surface area contributed by atoms with Crippen molar-refractivity contribution in [3.8, 4) is 0 Å². The lowest BCUT2D eigenvalue weighted by Gasteiger charge is -2.03. The number of nitrogens with two attached hydrogens (primary N) is 1. The molecule has 86 valence electrons. The average molecular weight is 224 g/mol. The van der Waals surface area contributed by atoms with Crippen molar-refractivity contribution in [1.29, 1.82) is 0 Å². The highest BCUT2D eigenvalue weighted by molar-refractivity contribution is 5.64. The van der Waals surface area contributed by atoms with E-state index in [1.54, 1.807) is 18.2 Å². The minimum atomic E-state index is -0.831. The number of amides is 1. The number of aryl methyl sites for hydroxylation is 1. The van der Waals surface area contributed by atoms with Crippen LogP contribution in [0.1, 0.15) is 12.0 Å². The number of carbonyl (C=O) groups is 1. The Balaban J connectivity index is 2.53. The lowest BCUT2D eigenvalue weighted by molar-refractivity contribution is -0.385. The lowest BCUT2D eigenvalue weighted by Crippen LogP contribution is -2.14. The topological polar surface area (TPSA) is 95.5 Å². The van der Waals surface area contributed by atoms with Gasteiger partial charge in [-0.15, -0.1) is 0 Å². The van der Waals surface area contributed by atoms with Crippen molar-refractivity contribution in [2.45, 2.75) is 12.8 Å². The molecule has 1 aromatic rings. The van der Waals surface area contributed by atoms with Crippen LogP contribution < -0.4 is 5.73 Å². The Morgan fingerprint density at radius 1 is 1.44 bits per heavy atom. The first-order chi connectivity index (χ1) is 7.61. The largest absolute Gasteiger partial charge is 0.450 e. The van der Waals surface area contributed by atoms with Gasteiger partial charge in [0.15, 0.2) is 0 Å². The van der Waals surface area contributed by atoms with E-state index in [9.17, 15) is 14.9 Å². The van der Waals surface area contributed by atoms with Gasteiger partial charge in [0, 0.05) is 11.6 Å². The second kappa shape index (κ2) is 5.69. The number of para-hydroxylation sites is 1. The molecule has 16 heavy (non-hydrogen) atoms. The molecule has 1 rings (SSSR count). The summed E-state index contributed by atoms with van der Waals surface area (Å²) >= 11 is 0. The molecule has 0 bridgehead atoms. The van der Waals surface area contributed by atoms with E-state index in [1.807, 2.05) is 0 Å². The van der Waals surface area contributed by atoms with Crippen LogP contribution in [0.15, 0.2) is 24.3 Å². The number of ether oxygens (including phenoxy) is 1. The van der Waals surface area contributed by atoms with Crippen LogP contribution in [0, 0.1) is 10.1 Å². The Morgan fingerprint density at radius 2 is 2.12 bits per heavy atom. The van der Waals surface area contributed by atoms with Gasteiger partial charge in [-0.1, -0.05) is 18.2 Å². The van der Waals surface area contributed by atoms with Gasteiger partial charge in [0.2, 0.25) is 0 Å². The van der Waals surface area contributed by atoms with Gasteiger partial charge in [-0.25, -0.2) is 4.79 Å². The molecular weight excluding hydrogens is 212 g/mol. The average Bonchev–Trinajstić information content (AvgIpc) is 2.24. The maximum Gasteiger partial charge on any atom is 0.404 e. The SMILES string of the molecule is NC(=O)OCCCc1ccccc1[N+](=O)[O-]. The summed E-state index contributed by atoms with van der Waals surface area (Å²) in [6.07, 6.45) is 0.153. The fourth-order valence-electron chi connectivity index (χ4n) is 1.34. The van der Waals surface area contributed by atoms with Crippen molar-refractivity contribution in [1.82, 2.24) is 0 Å². The molecule has 0 spiro atoms. The molecule has 2 N–H and O–H groups in total. The summed E-state index contributed by atoms with van der Waals surface area (Å²) in [5.74, 6) is 0. The van der Waals surface area contributed by atoms with Gasteiger partial charge in [-0.2, -0.15) is 0 Å². The fraction of sp³-hybridized carbons (Fsp3) is 0.300. The molecule has 0 saturated heterocycles. The van der Waals surface area contributed by atoms with E-state index in [2.05, 4.69) is 4.74 Å². The number of primary amides is 1. The number of benzene rings is 1. The Bertz CT molecular complexity index is 392. The predicted molar refractivity (Wildman–Crippen MR) is 57.0 cm³/mol. The smallest absolute Gasteiger partial charge is 0.404 e. The van der Waals surface area contributed by atoms with E-state index in [-0.39, 0.29) is 12.3 Å². The third kappa shape index (κ3) is 3.56. The van der Waals surface area contributed by atoms with Crippen molar-refractivity contribution in [3.05, 3.63) is 39.9 Å². The van der Waals surface area contributed by atoms with Gasteiger partial charge in [-0.05, 0) is 12.8 Å². The van der Waals surface area contributed by atoms with E-state index < -0.39 is 11.0 Å². The molecule has 0 unspecified atom stereocenters. The zero-order valence-corrected chi connectivity index (χ0v) is 8.59. The Kier molecular flexibility index (Phi) is 4.26. The van der Waals surface area contributed by atoms with Gasteiger partial charge in [-0.3, -0.25) is 10.1 Å². The number of carbonyl (C=O) groups excluding carboxylic acids is 1. The predicted octanol–water partition coefficient (Wildman–Crippen LogP) is 1.62. The summed E-state index contributed by atoms with van der Waals surface area (Å²) < 4.78 is 4.53. The monoisotopic (exact) mass is 224 g/mol. The highest BCUT2D eigenvalue weighted by Crippen LogP contribution is 2.18. The molecule has 0 heterocycles. The van der Waals surface area contributed by atoms with Crippen molar-refractivity contribution in [2.75, 3.05) is 6.61 Å². The summed E-state index contributed by atoms with van der Waals surface area (Å²) in [5.41, 5.74) is 5.49. The molecule has 0 radical (unpaired) electrons. The van der Waals surface area contributed by atoms with E-state index in [0.717, 1.165) is 0 Å². The van der Waals surface area contributed by atoms with Crippen molar-refractivity contribution >= 4 is 11.8 Å². The van der Waals surface area contributed by atoms with Crippen LogP contribution in [0.3, 0.4) is 0 Å². The first-order valence-electron chi connectivity index (χ1n) is 4.76. The Morgan fingerprint density at radius 3 is 2.75 bits per heavy atom. The van der Waals surface area contributed by atoms with Gasteiger partial charge in [0.05, 0.1) is 11.5 Å². The molecule has 6 heteroatoms. The number of hydrogen-bond donors (Lipinski definition) is 1. The third-order valence-corrected chi connectivity index (χ3v) is 2.02. The maximum atomic E-state index is 10.7. The van der Waals surface area contributed by atoms with E-state index in [0.29, 0.717) is 18.4 Å². The minimum absolute atomic E-state index is 0.0848. The third-order valence-electron chi connectivity index (χ3n) is 2.02. The highest BCUT2D eigenvalue weighted by atomic mass is 16.6. The molecule has 0 aromatic heterocycles. The maximum absolute atomic E-state index is 10.7. The first-order valence-corrected chi connectivity index (χ1v) is 4.76. The van der Waals surface area contributed by atoms with Gasteiger partial charge in [0.1, 0.15) is 0 Å². The molecule has 1 amide bonds. The summed E-state index contributed by atoms with van der Waals surface area (Å²) in [7, 11) is 0. The number of nitro groups is 1. The van der Waals surface area contributed by atoms with Crippen LogP contribution in [0.25, 0.3) is 0 Å². The minimum Gasteiger partial charge on any atom is -0.450 e. The molecule has 0 aliphatic carbocycles. The Labute approximate surface area is 92.2 Å². The van der Waals surface area contributed by atoms with Crippen LogP contribution in [-0.2, 0) is 11.2 Å². The molecule has 0 fully saturated rings. The first kappa shape index (κ1) is 12.0. The van der Waals surface area contributed by atoms with Crippen LogP contribution in [0.4, 0.5) is 10.5 Å². The van der Waals surface area contributed by atoms with Gasteiger partial charge < -0.3 is 10.5 Å². The second-order valence-corrected chi connectivity index (χ2v) is 3.16. The van der Waals surface area contributed by atoms with Crippen LogP contribution in [0.5, 0.6) is 0 Å². The van der Waals surface area contributed by atoms with Crippen LogP contribution >= 0.6 is 0 Å². The molecule has 0 saturated carbocycles. The van der Waals surface area contributed by atoms with Crippen LogP contribution in [-0.4, -0.2) is 17.6 Å². The number of hydrogen-bond acceptors (Lipinski definition) is 4. The van der Waals surface area contributed by atoms with E-state index in [4.69, 9.17) is 5.73 Å². The molecule has 6 nitrogen and oxygen atoms in total. The second-order valence-electron chi connectivity index (χ2n) is 3.16.